The van der Waals surface area contributed by atoms with E-state index in [9.17, 15) is 10.2 Å². The number of phenolic OH excluding ortho intramolecular Hbond substituents is 2. The summed E-state index contributed by atoms with van der Waals surface area (Å²) in [6.07, 6.45) is 0. The largest absolute Gasteiger partial charge is 0.508 e. The quantitative estimate of drug-likeness (QED) is 0.481. The molecule has 7 heteroatoms. The molecule has 0 fully saturated rings. The molecule has 2 N–H and O–H groups in total. The molecule has 3 aromatic carbocycles. The molecule has 0 aliphatic rings. The summed E-state index contributed by atoms with van der Waals surface area (Å²) in [5.41, 5.74) is 1.27. The molecule has 0 unspecified atom stereocenters. The van der Waals surface area contributed by atoms with Crippen molar-refractivity contribution in [2.24, 2.45) is 0 Å². The number of rotatable bonds is 3. The van der Waals surface area contributed by atoms with Crippen LogP contribution in [-0.2, 0) is 0 Å². The van der Waals surface area contributed by atoms with Crippen molar-refractivity contribution < 1.29 is 14.9 Å². The van der Waals surface area contributed by atoms with Crippen LogP contribution in [0.15, 0.2) is 59.8 Å². The van der Waals surface area contributed by atoms with E-state index in [0.29, 0.717) is 16.5 Å². The zero-order chi connectivity index (χ0) is 18.3. The van der Waals surface area contributed by atoms with Crippen molar-refractivity contribution in [3.05, 3.63) is 54.6 Å². The fraction of sp³-hybridized carbons (Fsp3) is 0.0526. The normalized spacial score (nSPS) is 11.0. The van der Waals surface area contributed by atoms with Crippen molar-refractivity contribution in [3.8, 4) is 34.3 Å². The first-order chi connectivity index (χ1) is 12.6. The van der Waals surface area contributed by atoms with Gasteiger partial charge in [0.15, 0.2) is 11.0 Å². The number of aromatic hydroxyl groups is 2. The third-order valence-electron chi connectivity index (χ3n) is 4.17. The maximum Gasteiger partial charge on any atom is 0.193 e. The number of thiol groups is 1. The summed E-state index contributed by atoms with van der Waals surface area (Å²) in [5.74, 6) is 1.08. The van der Waals surface area contributed by atoms with E-state index >= 15 is 0 Å². The van der Waals surface area contributed by atoms with Crippen LogP contribution in [0, 0.1) is 0 Å². The van der Waals surface area contributed by atoms with Crippen molar-refractivity contribution in [3.63, 3.8) is 0 Å². The van der Waals surface area contributed by atoms with Gasteiger partial charge in [0.05, 0.1) is 18.4 Å². The molecule has 0 aliphatic carbocycles. The molecule has 4 aromatic rings. The van der Waals surface area contributed by atoms with Gasteiger partial charge < -0.3 is 14.9 Å². The van der Waals surface area contributed by atoms with Gasteiger partial charge in [0.2, 0.25) is 0 Å². The highest BCUT2D eigenvalue weighted by Crippen LogP contribution is 2.35. The van der Waals surface area contributed by atoms with Crippen LogP contribution in [0.2, 0.25) is 0 Å². The molecule has 0 saturated carbocycles. The van der Waals surface area contributed by atoms with Crippen LogP contribution in [0.4, 0.5) is 0 Å². The molecular weight excluding hydrogens is 350 g/mol. The maximum atomic E-state index is 10.2. The van der Waals surface area contributed by atoms with Gasteiger partial charge in [-0.05, 0) is 41.8 Å². The lowest BCUT2D eigenvalue weighted by atomic mass is 10.1. The first kappa shape index (κ1) is 16.3. The Balaban J connectivity index is 1.98. The minimum Gasteiger partial charge on any atom is -0.508 e. The van der Waals surface area contributed by atoms with Crippen LogP contribution in [0.1, 0.15) is 0 Å². The van der Waals surface area contributed by atoms with Crippen LogP contribution in [0.5, 0.6) is 17.2 Å². The van der Waals surface area contributed by atoms with E-state index in [1.807, 2.05) is 36.4 Å². The van der Waals surface area contributed by atoms with Crippen LogP contribution in [-0.4, -0.2) is 32.1 Å². The summed E-state index contributed by atoms with van der Waals surface area (Å²) < 4.78 is 7.05. The van der Waals surface area contributed by atoms with Crippen molar-refractivity contribution >= 4 is 23.4 Å². The second kappa shape index (κ2) is 6.27. The summed E-state index contributed by atoms with van der Waals surface area (Å²) in [6.45, 7) is 0. The molecule has 1 heterocycles. The smallest absolute Gasteiger partial charge is 0.193 e. The van der Waals surface area contributed by atoms with E-state index in [2.05, 4.69) is 22.8 Å². The third kappa shape index (κ3) is 2.62. The number of fused-ring (bicyclic) bond motifs is 1. The molecule has 0 spiro atoms. The zero-order valence-electron chi connectivity index (χ0n) is 13.8. The second-order valence-corrected chi connectivity index (χ2v) is 6.12. The average Bonchev–Trinajstić information content (AvgIpc) is 3.01. The molecule has 0 amide bonds. The van der Waals surface area contributed by atoms with Gasteiger partial charge in [0.25, 0.3) is 0 Å². The fourth-order valence-electron chi connectivity index (χ4n) is 2.95. The van der Waals surface area contributed by atoms with E-state index < -0.39 is 0 Å². The summed E-state index contributed by atoms with van der Waals surface area (Å²) in [7, 11) is 1.63. The first-order valence-corrected chi connectivity index (χ1v) is 8.27. The standard InChI is InChI=1S/C19H15N3O3S/c1-25-13-6-8-14-11(9-13)3-2-4-16(14)22-18(20-21-19(22)26)15-7-5-12(23)10-17(15)24/h2-10,23-24H,1H3,(H,21,26). The van der Waals surface area contributed by atoms with Crippen LogP contribution >= 0.6 is 12.6 Å². The molecule has 0 aliphatic heterocycles. The summed E-state index contributed by atoms with van der Waals surface area (Å²) in [4.78, 5) is 0. The Bertz CT molecular complexity index is 1120. The lowest BCUT2D eigenvalue weighted by molar-refractivity contribution is 0.415. The van der Waals surface area contributed by atoms with Crippen molar-refractivity contribution in [1.82, 2.24) is 14.8 Å². The predicted molar refractivity (Wildman–Crippen MR) is 101 cm³/mol. The molecular formula is C19H15N3O3S. The maximum absolute atomic E-state index is 10.2. The van der Waals surface area contributed by atoms with Gasteiger partial charge in [-0.25, -0.2) is 0 Å². The number of benzene rings is 3. The number of nitrogens with zero attached hydrogens (tertiary/aromatic N) is 3. The number of hydrogen-bond acceptors (Lipinski definition) is 6. The summed E-state index contributed by atoms with van der Waals surface area (Å²) >= 11 is 4.43. The minimum absolute atomic E-state index is 0.0272. The monoisotopic (exact) mass is 365 g/mol. The Kier molecular flexibility index (Phi) is 3.93. The summed E-state index contributed by atoms with van der Waals surface area (Å²) in [5, 5.41) is 30.3. The number of ether oxygens (including phenoxy) is 1. The molecule has 26 heavy (non-hydrogen) atoms. The predicted octanol–water partition coefficient (Wildman–Crippen LogP) is 3.80. The van der Waals surface area contributed by atoms with Gasteiger partial charge in [0, 0.05) is 11.5 Å². The zero-order valence-corrected chi connectivity index (χ0v) is 14.7. The number of aromatic nitrogens is 3. The highest BCUT2D eigenvalue weighted by atomic mass is 32.1. The van der Waals surface area contributed by atoms with E-state index in [4.69, 9.17) is 4.74 Å². The Morgan fingerprint density at radius 1 is 1.00 bits per heavy atom. The topological polar surface area (TPSA) is 80.4 Å². The fourth-order valence-corrected chi connectivity index (χ4v) is 3.20. The highest BCUT2D eigenvalue weighted by Gasteiger charge is 2.18. The number of phenols is 2. The lowest BCUT2D eigenvalue weighted by Gasteiger charge is -2.13. The van der Waals surface area contributed by atoms with Gasteiger partial charge in [-0.3, -0.25) is 4.57 Å². The highest BCUT2D eigenvalue weighted by molar-refractivity contribution is 7.80. The molecule has 0 radical (unpaired) electrons. The minimum atomic E-state index is -0.0890. The van der Waals surface area contributed by atoms with Crippen molar-refractivity contribution in [2.75, 3.05) is 7.11 Å². The molecule has 0 atom stereocenters. The van der Waals surface area contributed by atoms with E-state index in [1.54, 1.807) is 17.7 Å². The van der Waals surface area contributed by atoms with Gasteiger partial charge >= 0.3 is 0 Å². The Labute approximate surface area is 154 Å². The third-order valence-corrected chi connectivity index (χ3v) is 4.46. The second-order valence-electron chi connectivity index (χ2n) is 5.72. The Hall–Kier alpha value is -3.19. The first-order valence-electron chi connectivity index (χ1n) is 7.82. The Morgan fingerprint density at radius 3 is 2.62 bits per heavy atom. The van der Waals surface area contributed by atoms with Crippen molar-refractivity contribution in [1.29, 1.82) is 0 Å². The molecule has 130 valence electrons. The molecule has 0 saturated heterocycles. The SMILES string of the molecule is COc1ccc2c(-n3c(S)nnc3-c3ccc(O)cc3O)cccc2c1. The van der Waals surface area contributed by atoms with Crippen LogP contribution in [0.25, 0.3) is 27.8 Å². The van der Waals surface area contributed by atoms with Crippen LogP contribution < -0.4 is 4.74 Å². The van der Waals surface area contributed by atoms with Gasteiger partial charge in [-0.15, -0.1) is 22.8 Å². The average molecular weight is 365 g/mol. The number of methoxy groups -OCH3 is 1. The van der Waals surface area contributed by atoms with Gasteiger partial charge in [-0.2, -0.15) is 0 Å². The van der Waals surface area contributed by atoms with E-state index in [-0.39, 0.29) is 11.5 Å². The van der Waals surface area contributed by atoms with Gasteiger partial charge in [0.1, 0.15) is 17.2 Å². The van der Waals surface area contributed by atoms with Gasteiger partial charge in [-0.1, -0.05) is 12.1 Å². The van der Waals surface area contributed by atoms with Crippen LogP contribution in [0.3, 0.4) is 0 Å². The molecule has 4 rings (SSSR count). The van der Waals surface area contributed by atoms with Crippen molar-refractivity contribution in [2.45, 2.75) is 5.16 Å². The summed E-state index contributed by atoms with van der Waals surface area (Å²) in [6, 6.07) is 16.0. The lowest BCUT2D eigenvalue weighted by Crippen LogP contribution is -2.00. The van der Waals surface area contributed by atoms with E-state index in [0.717, 1.165) is 22.2 Å². The molecule has 0 bridgehead atoms. The van der Waals surface area contributed by atoms with E-state index in [1.165, 1.54) is 12.1 Å². The number of hydrogen-bond donors (Lipinski definition) is 3. The Morgan fingerprint density at radius 2 is 1.85 bits per heavy atom. The molecule has 1 aromatic heterocycles. The molecule has 6 nitrogen and oxygen atoms in total.